The maximum absolute atomic E-state index is 14.9. The Bertz CT molecular complexity index is 1610. The number of hydrogen-bond acceptors (Lipinski definition) is 8. The molecule has 0 aliphatic carbocycles. The first kappa shape index (κ1) is 26.8. The number of benzene rings is 1. The van der Waals surface area contributed by atoms with Crippen molar-refractivity contribution in [3.63, 3.8) is 0 Å². The van der Waals surface area contributed by atoms with Crippen LogP contribution in [0.4, 0.5) is 23.4 Å². The lowest BCUT2D eigenvalue weighted by Crippen LogP contribution is -2.41. The number of carbonyl (C=O) groups is 1. The third kappa shape index (κ3) is 5.10. The number of nitrogen functional groups attached to an aromatic ring is 1. The van der Waals surface area contributed by atoms with Crippen LogP contribution in [0.2, 0.25) is 0 Å². The van der Waals surface area contributed by atoms with Crippen molar-refractivity contribution >= 4 is 17.2 Å². The highest BCUT2D eigenvalue weighted by Crippen LogP contribution is 2.39. The molecule has 0 saturated carbocycles. The van der Waals surface area contributed by atoms with Gasteiger partial charge in [0.25, 0.3) is 5.91 Å². The summed E-state index contributed by atoms with van der Waals surface area (Å²) in [5.74, 6) is -1.16. The number of anilines is 1. The van der Waals surface area contributed by atoms with Crippen LogP contribution in [0.5, 0.6) is 5.88 Å². The maximum atomic E-state index is 14.9. The molecule has 0 spiro atoms. The van der Waals surface area contributed by atoms with Gasteiger partial charge in [0.1, 0.15) is 23.6 Å². The molecule has 206 valence electrons. The summed E-state index contributed by atoms with van der Waals surface area (Å²) in [5, 5.41) is 15.5. The minimum Gasteiger partial charge on any atom is -0.480 e. The second kappa shape index (κ2) is 10.4. The number of pyridine rings is 1. The Labute approximate surface area is 225 Å². The molecule has 4 heterocycles. The number of nitrogens with zero attached hydrogens (tertiary/aromatic N) is 6. The Balaban J connectivity index is 1.40. The summed E-state index contributed by atoms with van der Waals surface area (Å²) in [6, 6.07) is 10.3. The van der Waals surface area contributed by atoms with E-state index in [1.165, 1.54) is 19.4 Å². The van der Waals surface area contributed by atoms with E-state index >= 15 is 0 Å². The van der Waals surface area contributed by atoms with E-state index in [0.29, 0.717) is 12.1 Å². The Morgan fingerprint density at radius 1 is 1.23 bits per heavy atom. The van der Waals surface area contributed by atoms with Crippen molar-refractivity contribution in [1.82, 2.24) is 29.8 Å². The number of likely N-dealkylation sites (tertiary alicyclic amines) is 1. The van der Waals surface area contributed by atoms with Crippen LogP contribution in [0.1, 0.15) is 27.0 Å². The molecule has 3 N–H and O–H groups in total. The second-order valence-corrected chi connectivity index (χ2v) is 9.23. The maximum Gasteiger partial charge on any atom is 0.418 e. The zero-order valence-corrected chi connectivity index (χ0v) is 21.0. The first-order valence-corrected chi connectivity index (χ1v) is 12.0. The number of alkyl halides is 4. The molecule has 1 fully saturated rings. The zero-order chi connectivity index (χ0) is 28.6. The largest absolute Gasteiger partial charge is 0.480 e. The molecule has 1 saturated heterocycles. The van der Waals surface area contributed by atoms with Crippen LogP contribution >= 0.6 is 0 Å². The number of nitrogens with two attached hydrogens (primary N) is 1. The normalized spacial score (nSPS) is 17.6. The molecule has 0 radical (unpaired) electrons. The van der Waals surface area contributed by atoms with Crippen molar-refractivity contribution in [2.24, 2.45) is 0 Å². The molecular formula is C26H22F4N8O2. The Morgan fingerprint density at radius 3 is 2.65 bits per heavy atom. The molecule has 5 rings (SSSR count). The van der Waals surface area contributed by atoms with Gasteiger partial charge in [0.2, 0.25) is 5.88 Å². The molecule has 1 aromatic carbocycles. The number of nitrogens with one attached hydrogen (secondary N) is 1. The van der Waals surface area contributed by atoms with Gasteiger partial charge < -0.3 is 15.8 Å². The van der Waals surface area contributed by atoms with Gasteiger partial charge in [-0.1, -0.05) is 12.1 Å². The molecule has 1 aliphatic heterocycles. The molecule has 10 nitrogen and oxygen atoms in total. The summed E-state index contributed by atoms with van der Waals surface area (Å²) in [4.78, 5) is 22.8. The molecule has 0 bridgehead atoms. The lowest BCUT2D eigenvalue weighted by Gasteiger charge is -2.17. The predicted octanol–water partition coefficient (Wildman–Crippen LogP) is 3.22. The molecule has 40 heavy (non-hydrogen) atoms. The molecule has 1 aliphatic rings. The number of aromatic nitrogens is 4. The molecule has 2 atom stereocenters. The van der Waals surface area contributed by atoms with Crippen molar-refractivity contribution in [2.75, 3.05) is 25.9 Å². The zero-order valence-electron chi connectivity index (χ0n) is 21.0. The predicted molar refractivity (Wildman–Crippen MR) is 135 cm³/mol. The van der Waals surface area contributed by atoms with Gasteiger partial charge in [-0.25, -0.2) is 18.9 Å². The lowest BCUT2D eigenvalue weighted by molar-refractivity contribution is -0.136. The van der Waals surface area contributed by atoms with Crippen LogP contribution in [0, 0.1) is 11.3 Å². The fourth-order valence-electron chi connectivity index (χ4n) is 4.70. The van der Waals surface area contributed by atoms with Crippen LogP contribution in [0.25, 0.3) is 16.8 Å². The molecule has 14 heteroatoms. The van der Waals surface area contributed by atoms with E-state index in [9.17, 15) is 22.4 Å². The quantitative estimate of drug-likeness (QED) is 0.347. The molecule has 2 unspecified atom stereocenters. The standard InChI is InChI=1S/C26H22F4N8O2/c1-40-25-17(24(39)36-20-12-37(11-19(20)27)10-15-4-2-14(8-31)3-5-15)6-16(9-33-25)21-7-18(26(28,29)30)22-23(32)34-13-35-38(21)22/h2-7,9,13,19-20H,10-12H2,1H3,(H,36,39)(H2,32,34,35). The van der Waals surface area contributed by atoms with Gasteiger partial charge in [-0.05, 0) is 29.8 Å². The molecule has 3 aromatic heterocycles. The molecule has 4 aromatic rings. The lowest BCUT2D eigenvalue weighted by atomic mass is 10.1. The summed E-state index contributed by atoms with van der Waals surface area (Å²) in [7, 11) is 1.29. The highest BCUT2D eigenvalue weighted by atomic mass is 19.4. The summed E-state index contributed by atoms with van der Waals surface area (Å²) in [6.07, 6.45) is -3.86. The van der Waals surface area contributed by atoms with Gasteiger partial charge >= 0.3 is 6.18 Å². The van der Waals surface area contributed by atoms with E-state index < -0.39 is 35.4 Å². The van der Waals surface area contributed by atoms with E-state index in [4.69, 9.17) is 15.7 Å². The average Bonchev–Trinajstić information content (AvgIpc) is 3.49. The van der Waals surface area contributed by atoms with Crippen molar-refractivity contribution in [2.45, 2.75) is 24.9 Å². The number of fused-ring (bicyclic) bond motifs is 1. The van der Waals surface area contributed by atoms with Crippen molar-refractivity contribution in [3.8, 4) is 23.2 Å². The smallest absolute Gasteiger partial charge is 0.418 e. The minimum absolute atomic E-state index is 0.0292. The number of ether oxygens (including phenoxy) is 1. The third-order valence-electron chi connectivity index (χ3n) is 6.60. The van der Waals surface area contributed by atoms with Crippen molar-refractivity contribution in [3.05, 3.63) is 71.2 Å². The number of hydrogen-bond donors (Lipinski definition) is 2. The van der Waals surface area contributed by atoms with Gasteiger partial charge in [-0.15, -0.1) is 0 Å². The Kier molecular flexibility index (Phi) is 6.99. The topological polar surface area (TPSA) is 134 Å². The molecule has 1 amide bonds. The van der Waals surface area contributed by atoms with E-state index in [2.05, 4.69) is 20.4 Å². The Hall–Kier alpha value is -4.77. The van der Waals surface area contributed by atoms with Crippen molar-refractivity contribution < 1.29 is 27.1 Å². The second-order valence-electron chi connectivity index (χ2n) is 9.23. The number of carbonyl (C=O) groups excluding carboxylic acids is 1. The number of halogens is 4. The van der Waals surface area contributed by atoms with Crippen LogP contribution < -0.4 is 15.8 Å². The SMILES string of the molecule is COc1ncc(-c2cc(C(F)(F)F)c3c(N)ncnn23)cc1C(=O)NC1CN(Cc2ccc(C#N)cc2)CC1F. The van der Waals surface area contributed by atoms with Crippen LogP contribution in [0.15, 0.2) is 48.9 Å². The first-order valence-electron chi connectivity index (χ1n) is 12.0. The third-order valence-corrected chi connectivity index (χ3v) is 6.60. The Morgan fingerprint density at radius 2 is 1.98 bits per heavy atom. The summed E-state index contributed by atoms with van der Waals surface area (Å²) >= 11 is 0. The van der Waals surface area contributed by atoms with Crippen LogP contribution in [-0.4, -0.2) is 62.8 Å². The number of methoxy groups -OCH3 is 1. The monoisotopic (exact) mass is 554 g/mol. The van der Waals surface area contributed by atoms with Gasteiger partial charge in [-0.2, -0.15) is 23.5 Å². The van der Waals surface area contributed by atoms with Crippen LogP contribution in [0.3, 0.4) is 0 Å². The average molecular weight is 555 g/mol. The van der Waals surface area contributed by atoms with Gasteiger partial charge in [-0.3, -0.25) is 9.69 Å². The highest BCUT2D eigenvalue weighted by Gasteiger charge is 2.37. The molecular weight excluding hydrogens is 532 g/mol. The summed E-state index contributed by atoms with van der Waals surface area (Å²) in [6.45, 7) is 0.724. The van der Waals surface area contributed by atoms with Gasteiger partial charge in [0, 0.05) is 31.4 Å². The number of nitriles is 1. The van der Waals surface area contributed by atoms with E-state index in [1.807, 2.05) is 11.0 Å². The van der Waals surface area contributed by atoms with Crippen molar-refractivity contribution in [1.29, 1.82) is 5.26 Å². The van der Waals surface area contributed by atoms with Gasteiger partial charge in [0.15, 0.2) is 5.82 Å². The van der Waals surface area contributed by atoms with Gasteiger partial charge in [0.05, 0.1) is 36.0 Å². The van der Waals surface area contributed by atoms with Crippen LogP contribution in [-0.2, 0) is 12.7 Å². The number of rotatable bonds is 6. The highest BCUT2D eigenvalue weighted by molar-refractivity contribution is 5.98. The summed E-state index contributed by atoms with van der Waals surface area (Å²) in [5.41, 5.74) is 5.65. The fourth-order valence-corrected chi connectivity index (χ4v) is 4.70. The fraction of sp³-hybridized carbons (Fsp3) is 0.269. The van der Waals surface area contributed by atoms with E-state index in [0.717, 1.165) is 22.5 Å². The van der Waals surface area contributed by atoms with E-state index in [1.54, 1.807) is 24.3 Å². The minimum atomic E-state index is -4.75. The first-order chi connectivity index (χ1) is 19.1. The van der Waals surface area contributed by atoms with E-state index in [-0.39, 0.29) is 41.6 Å². The number of amides is 1. The summed E-state index contributed by atoms with van der Waals surface area (Å²) < 4.78 is 62.3.